The molecule has 0 amide bonds. The number of aliphatic carboxylic acids is 1. The first kappa shape index (κ1) is 32.5. The minimum Gasteiger partial charge on any atom is -1.00 e. The molecule has 0 aliphatic carbocycles. The maximum absolute atomic E-state index is 10.3. The van der Waals surface area contributed by atoms with E-state index in [9.17, 15) is 4.79 Å². The van der Waals surface area contributed by atoms with Crippen molar-refractivity contribution in [2.75, 3.05) is 0 Å². The monoisotopic (exact) mass is 388 g/mol. The van der Waals surface area contributed by atoms with Gasteiger partial charge in [0, 0.05) is 6.42 Å². The van der Waals surface area contributed by atoms with Crippen LogP contribution >= 0.6 is 12.4 Å². The van der Waals surface area contributed by atoms with E-state index in [1.165, 1.54) is 83.5 Å². The molecule has 0 unspecified atom stereocenters. The summed E-state index contributed by atoms with van der Waals surface area (Å²) in [6.07, 6.45) is 20.2. The summed E-state index contributed by atoms with van der Waals surface area (Å²) in [6, 6.07) is 0. The second-order valence-corrected chi connectivity index (χ2v) is 6.09. The van der Waals surface area contributed by atoms with Crippen molar-refractivity contribution in [2.24, 2.45) is 0 Å². The van der Waals surface area contributed by atoms with Crippen LogP contribution in [0.1, 0.15) is 115 Å². The van der Waals surface area contributed by atoms with Crippen LogP contribution in [0.5, 0.6) is 0 Å². The van der Waals surface area contributed by atoms with Gasteiger partial charge in [-0.2, -0.15) is 0 Å². The van der Waals surface area contributed by atoms with Crippen molar-refractivity contribution in [3.8, 4) is 0 Å². The van der Waals surface area contributed by atoms with Crippen molar-refractivity contribution in [1.82, 2.24) is 0 Å². The van der Waals surface area contributed by atoms with E-state index in [0.29, 0.717) is 6.42 Å². The molecule has 0 aromatic carbocycles. The fourth-order valence-electron chi connectivity index (χ4n) is 2.65. The van der Waals surface area contributed by atoms with Crippen LogP contribution in [0.3, 0.4) is 0 Å². The Kier molecular flexibility index (Phi) is 40.3. The molecule has 0 saturated carbocycles. The van der Waals surface area contributed by atoms with E-state index in [0.717, 1.165) is 12.8 Å². The molecule has 0 aliphatic heterocycles. The molecule has 0 aromatic rings. The SMILES string of the molecule is CCCCCCCCCCCCCCCCCC(=O)O.Cl.[Ca+2].[H-].[H-].[H-].[H-].[Mg+2]. The van der Waals surface area contributed by atoms with Crippen molar-refractivity contribution < 1.29 is 15.6 Å². The van der Waals surface area contributed by atoms with Gasteiger partial charge in [-0.15, -0.1) is 12.4 Å². The van der Waals surface area contributed by atoms with Gasteiger partial charge in [0.05, 0.1) is 0 Å². The molecule has 0 fully saturated rings. The first-order valence-corrected chi connectivity index (χ1v) is 8.99. The molecule has 0 spiro atoms. The Morgan fingerprint density at radius 3 is 1.22 bits per heavy atom. The summed E-state index contributed by atoms with van der Waals surface area (Å²) in [5.74, 6) is -0.653. The summed E-state index contributed by atoms with van der Waals surface area (Å²) in [5, 5.41) is 8.52. The standard InChI is InChI=1S/C18H36O2.Ca.ClH.Mg.4H/c1-2-3-4-5-6-7-8-9-10-11-12-13-14-15-16-17-18(19)20;;;;;;;/h2-17H2,1H3,(H,19,20);;1H;;;;;/q;+2;;+2;4*-1. The number of hydrogen-bond donors (Lipinski definition) is 1. The molecule has 0 aromatic heterocycles. The van der Waals surface area contributed by atoms with Gasteiger partial charge in [0.2, 0.25) is 0 Å². The van der Waals surface area contributed by atoms with Crippen LogP contribution in [0, 0.1) is 0 Å². The smallest absolute Gasteiger partial charge is 1.00 e. The molecule has 1 N–H and O–H groups in total. The molecule has 136 valence electrons. The molecule has 23 heavy (non-hydrogen) atoms. The zero-order valence-corrected chi connectivity index (χ0v) is 19.9. The molecular formula is C18H41CaClMgO2. The van der Waals surface area contributed by atoms with Crippen molar-refractivity contribution in [3.05, 3.63) is 0 Å². The van der Waals surface area contributed by atoms with Crippen LogP contribution in [0.2, 0.25) is 0 Å². The van der Waals surface area contributed by atoms with Gasteiger partial charge in [0.25, 0.3) is 0 Å². The van der Waals surface area contributed by atoms with E-state index < -0.39 is 5.97 Å². The molecule has 0 rings (SSSR count). The maximum Gasteiger partial charge on any atom is 2.00 e. The van der Waals surface area contributed by atoms with Gasteiger partial charge in [-0.3, -0.25) is 4.79 Å². The zero-order valence-electron chi connectivity index (χ0n) is 19.5. The number of rotatable bonds is 16. The third kappa shape index (κ3) is 32.0. The van der Waals surface area contributed by atoms with Gasteiger partial charge < -0.3 is 10.8 Å². The Bertz CT molecular complexity index is 236. The van der Waals surface area contributed by atoms with E-state index in [2.05, 4.69) is 6.92 Å². The summed E-state index contributed by atoms with van der Waals surface area (Å²) in [5.41, 5.74) is 0. The summed E-state index contributed by atoms with van der Waals surface area (Å²) < 4.78 is 0. The minimum atomic E-state index is -0.653. The average molecular weight is 389 g/mol. The third-order valence-electron chi connectivity index (χ3n) is 3.99. The van der Waals surface area contributed by atoms with Crippen LogP contribution in [-0.2, 0) is 4.79 Å². The third-order valence-corrected chi connectivity index (χ3v) is 3.99. The molecule has 0 saturated heterocycles. The zero-order chi connectivity index (χ0) is 14.9. The summed E-state index contributed by atoms with van der Waals surface area (Å²) >= 11 is 0. The van der Waals surface area contributed by atoms with Gasteiger partial charge in [-0.05, 0) is 6.42 Å². The van der Waals surface area contributed by atoms with Gasteiger partial charge in [-0.1, -0.05) is 96.8 Å². The van der Waals surface area contributed by atoms with E-state index in [4.69, 9.17) is 5.11 Å². The quantitative estimate of drug-likeness (QED) is 0.244. The predicted octanol–water partition coefficient (Wildman–Crippen LogP) is 6.44. The number of halogens is 1. The Labute approximate surface area is 202 Å². The molecule has 2 nitrogen and oxygen atoms in total. The molecule has 0 aliphatic rings. The van der Waals surface area contributed by atoms with E-state index in [1.54, 1.807) is 0 Å². The van der Waals surface area contributed by atoms with E-state index in [-0.39, 0.29) is 78.9 Å². The normalized spacial score (nSPS) is 9.43. The van der Waals surface area contributed by atoms with E-state index >= 15 is 0 Å². The van der Waals surface area contributed by atoms with Crippen molar-refractivity contribution in [1.29, 1.82) is 0 Å². The number of carbonyl (C=O) groups is 1. The second kappa shape index (κ2) is 28.6. The summed E-state index contributed by atoms with van der Waals surface area (Å²) in [4.78, 5) is 10.3. The van der Waals surface area contributed by atoms with Crippen LogP contribution in [0.25, 0.3) is 0 Å². The van der Waals surface area contributed by atoms with Crippen LogP contribution in [0.4, 0.5) is 0 Å². The number of carboxylic acids is 1. The van der Waals surface area contributed by atoms with Crippen LogP contribution in [-0.4, -0.2) is 71.9 Å². The van der Waals surface area contributed by atoms with Crippen LogP contribution in [0.15, 0.2) is 0 Å². The van der Waals surface area contributed by atoms with E-state index in [1.807, 2.05) is 0 Å². The maximum atomic E-state index is 10.3. The first-order chi connectivity index (χ1) is 9.77. The molecule has 0 bridgehead atoms. The second-order valence-electron chi connectivity index (χ2n) is 6.09. The number of hydrogen-bond acceptors (Lipinski definition) is 1. The summed E-state index contributed by atoms with van der Waals surface area (Å²) in [6.45, 7) is 2.27. The predicted molar refractivity (Wildman–Crippen MR) is 110 cm³/mol. The van der Waals surface area contributed by atoms with Crippen LogP contribution < -0.4 is 0 Å². The minimum absolute atomic E-state index is 0. The fraction of sp³-hybridized carbons (Fsp3) is 0.944. The Morgan fingerprint density at radius 2 is 0.957 bits per heavy atom. The summed E-state index contributed by atoms with van der Waals surface area (Å²) in [7, 11) is 0. The molecular weight excluding hydrogens is 348 g/mol. The first-order valence-electron chi connectivity index (χ1n) is 8.99. The van der Waals surface area contributed by atoms with Gasteiger partial charge in [0.15, 0.2) is 0 Å². The largest absolute Gasteiger partial charge is 2.00 e. The van der Waals surface area contributed by atoms with Crippen molar-refractivity contribution in [3.63, 3.8) is 0 Å². The Hall–Kier alpha value is 1.79. The van der Waals surface area contributed by atoms with Crippen molar-refractivity contribution in [2.45, 2.75) is 110 Å². The number of carboxylic acid groups (broad SMARTS) is 1. The average Bonchev–Trinajstić information content (AvgIpc) is 2.43. The molecule has 5 heteroatoms. The van der Waals surface area contributed by atoms with Gasteiger partial charge >= 0.3 is 66.8 Å². The molecule has 0 heterocycles. The topological polar surface area (TPSA) is 37.3 Å². The number of unbranched alkanes of at least 4 members (excludes halogenated alkanes) is 14. The molecule has 0 radical (unpaired) electrons. The Morgan fingerprint density at radius 1 is 0.696 bits per heavy atom. The van der Waals surface area contributed by atoms with Crippen molar-refractivity contribution >= 4 is 79.2 Å². The van der Waals surface area contributed by atoms with Gasteiger partial charge in [0.1, 0.15) is 0 Å². The fourth-order valence-corrected chi connectivity index (χ4v) is 2.65. The molecule has 0 atom stereocenters. The Balaban J connectivity index is -0.0000000860. The van der Waals surface area contributed by atoms with Gasteiger partial charge in [-0.25, -0.2) is 0 Å².